The number of fused-ring (bicyclic) bond motifs is 3. The van der Waals surface area contributed by atoms with Crippen LogP contribution in [0, 0.1) is 5.82 Å². The van der Waals surface area contributed by atoms with Gasteiger partial charge in [-0.3, -0.25) is 19.6 Å². The van der Waals surface area contributed by atoms with E-state index < -0.39 is 5.82 Å². The zero-order valence-corrected chi connectivity index (χ0v) is 27.6. The van der Waals surface area contributed by atoms with Crippen molar-refractivity contribution in [3.63, 3.8) is 0 Å². The minimum Gasteiger partial charge on any atom is -0.461 e. The zero-order chi connectivity index (χ0) is 32.3. The van der Waals surface area contributed by atoms with Gasteiger partial charge in [0.2, 0.25) is 5.91 Å². The third-order valence-corrected chi connectivity index (χ3v) is 11.0. The van der Waals surface area contributed by atoms with Crippen LogP contribution in [-0.4, -0.2) is 107 Å². The predicted octanol–water partition coefficient (Wildman–Crippen LogP) is 5.55. The molecule has 47 heavy (non-hydrogen) atoms. The summed E-state index contributed by atoms with van der Waals surface area (Å²) in [5.74, 6) is 0.0478. The molecule has 4 saturated heterocycles. The number of ether oxygens (including phenoxy) is 1. The van der Waals surface area contributed by atoms with E-state index in [0.717, 1.165) is 74.6 Å². The third-order valence-electron chi connectivity index (χ3n) is 10.7. The summed E-state index contributed by atoms with van der Waals surface area (Å²) in [6, 6.07) is 11.5. The van der Waals surface area contributed by atoms with Gasteiger partial charge in [0.05, 0.1) is 10.9 Å². The van der Waals surface area contributed by atoms with Crippen LogP contribution < -0.4 is 9.64 Å². The summed E-state index contributed by atoms with van der Waals surface area (Å²) >= 11 is 6.63. The molecule has 0 bridgehead atoms. The topological polar surface area (TPSA) is 77.9 Å². The highest BCUT2D eigenvalue weighted by Crippen LogP contribution is 2.40. The van der Waals surface area contributed by atoms with Gasteiger partial charge in [0, 0.05) is 67.5 Å². The largest absolute Gasteiger partial charge is 0.461 e. The molecule has 2 aromatic carbocycles. The number of nitrogens with zero attached hydrogens (tertiary/aromatic N) is 7. The van der Waals surface area contributed by atoms with Crippen LogP contribution in [-0.2, 0) is 4.79 Å². The van der Waals surface area contributed by atoms with E-state index >= 15 is 4.39 Å². The number of rotatable bonds is 7. The first-order valence-electron chi connectivity index (χ1n) is 16.6. The number of halogens is 2. The molecule has 0 N–H and O–H groups in total. The summed E-state index contributed by atoms with van der Waals surface area (Å²) in [6.07, 6.45) is 8.67. The van der Waals surface area contributed by atoms with Gasteiger partial charge in [0.15, 0.2) is 5.82 Å². The Morgan fingerprint density at radius 1 is 1.13 bits per heavy atom. The molecule has 244 valence electrons. The minimum absolute atomic E-state index is 0.00859. The molecule has 6 heterocycles. The molecule has 9 nitrogen and oxygen atoms in total. The Kier molecular flexibility index (Phi) is 7.77. The lowest BCUT2D eigenvalue weighted by atomic mass is 9.95. The summed E-state index contributed by atoms with van der Waals surface area (Å²) in [4.78, 5) is 35.9. The van der Waals surface area contributed by atoms with Crippen LogP contribution >= 0.6 is 11.6 Å². The van der Waals surface area contributed by atoms with Crippen molar-refractivity contribution in [2.24, 2.45) is 0 Å². The summed E-state index contributed by atoms with van der Waals surface area (Å²) in [5.41, 5.74) is 2.08. The Labute approximate surface area is 279 Å². The number of pyridine rings is 1. The van der Waals surface area contributed by atoms with Gasteiger partial charge >= 0.3 is 6.01 Å². The first-order chi connectivity index (χ1) is 22.8. The number of amides is 1. The van der Waals surface area contributed by atoms with E-state index in [4.69, 9.17) is 26.3 Å². The third kappa shape index (κ3) is 5.40. The lowest BCUT2D eigenvalue weighted by molar-refractivity contribution is -0.125. The van der Waals surface area contributed by atoms with Crippen LogP contribution in [0.15, 0.2) is 54.2 Å². The normalized spacial score (nSPS) is 21.0. The van der Waals surface area contributed by atoms with Crippen LogP contribution in [0.4, 0.5) is 10.2 Å². The zero-order valence-electron chi connectivity index (χ0n) is 26.9. The SMILES string of the molecule is CN1CC(=CC(=O)N2CCC(N(C)c3nc(OCC45CCCN4CCC5)nc4c(F)c(-c5cccc6cccc(Cl)c56)ncc34)C2)C1. The highest BCUT2D eigenvalue weighted by Gasteiger charge is 2.45. The van der Waals surface area contributed by atoms with Crippen molar-refractivity contribution in [3.8, 4) is 17.3 Å². The summed E-state index contributed by atoms with van der Waals surface area (Å²) in [7, 11) is 4.00. The molecular weight excluding hydrogens is 617 g/mol. The van der Waals surface area contributed by atoms with Crippen molar-refractivity contribution in [3.05, 3.63) is 65.1 Å². The van der Waals surface area contributed by atoms with E-state index in [1.807, 2.05) is 54.2 Å². The minimum atomic E-state index is -0.543. The quantitative estimate of drug-likeness (QED) is 0.240. The number of anilines is 1. The van der Waals surface area contributed by atoms with Crippen molar-refractivity contribution in [2.45, 2.75) is 43.7 Å². The summed E-state index contributed by atoms with van der Waals surface area (Å²) in [5, 5.41) is 2.67. The van der Waals surface area contributed by atoms with Crippen LogP contribution in [0.1, 0.15) is 32.1 Å². The number of benzene rings is 2. The Morgan fingerprint density at radius 2 is 1.89 bits per heavy atom. The Hall–Kier alpha value is -3.86. The molecule has 0 radical (unpaired) electrons. The summed E-state index contributed by atoms with van der Waals surface area (Å²) < 4.78 is 23.2. The molecule has 0 spiro atoms. The molecule has 4 fully saturated rings. The highest BCUT2D eigenvalue weighted by atomic mass is 35.5. The second kappa shape index (κ2) is 12.0. The van der Waals surface area contributed by atoms with E-state index in [0.29, 0.717) is 41.5 Å². The average molecular weight is 656 g/mol. The second-order valence-electron chi connectivity index (χ2n) is 13.7. The number of carbonyl (C=O) groups excluding carboxylic acids is 1. The molecule has 1 atom stereocenters. The number of likely N-dealkylation sites (N-methyl/N-ethyl adjacent to an activating group) is 2. The molecule has 11 heteroatoms. The van der Waals surface area contributed by atoms with Crippen molar-refractivity contribution in [2.75, 3.05) is 64.9 Å². The highest BCUT2D eigenvalue weighted by molar-refractivity contribution is 6.36. The van der Waals surface area contributed by atoms with Crippen LogP contribution in [0.3, 0.4) is 0 Å². The fraction of sp³-hybridized carbons (Fsp3) is 0.444. The first-order valence-corrected chi connectivity index (χ1v) is 17.0. The van der Waals surface area contributed by atoms with E-state index in [9.17, 15) is 4.79 Å². The number of hydrogen-bond donors (Lipinski definition) is 0. The van der Waals surface area contributed by atoms with E-state index in [2.05, 4.69) is 14.8 Å². The monoisotopic (exact) mass is 655 g/mol. The van der Waals surface area contributed by atoms with Gasteiger partial charge < -0.3 is 14.5 Å². The molecule has 8 rings (SSSR count). The Morgan fingerprint density at radius 3 is 2.66 bits per heavy atom. The fourth-order valence-corrected chi connectivity index (χ4v) is 8.41. The lowest BCUT2D eigenvalue weighted by Crippen LogP contribution is -2.43. The van der Waals surface area contributed by atoms with Gasteiger partial charge in [-0.05, 0) is 69.3 Å². The molecule has 2 aromatic heterocycles. The standard InChI is InChI=1S/C36H39ClFN7O2/c1-42-19-23(20-42)17-29(46)44-16-11-25(21-44)43(2)34-27-18-39-32(26-9-3-7-24-8-4-10-28(37)30(24)26)31(38)33(27)40-35(41-34)47-22-36-12-5-14-45(36)15-6-13-36/h3-4,7-10,17-18,25H,5-6,11-16,19-22H2,1-2H3. The molecule has 4 aliphatic rings. The van der Waals surface area contributed by atoms with Gasteiger partial charge in [-0.1, -0.05) is 41.9 Å². The smallest absolute Gasteiger partial charge is 0.319 e. The van der Waals surface area contributed by atoms with Gasteiger partial charge in [-0.2, -0.15) is 9.97 Å². The average Bonchev–Trinajstić information content (AvgIpc) is 3.80. The number of aromatic nitrogens is 3. The number of carbonyl (C=O) groups is 1. The molecule has 4 aliphatic heterocycles. The van der Waals surface area contributed by atoms with Crippen LogP contribution in [0.5, 0.6) is 6.01 Å². The van der Waals surface area contributed by atoms with Gasteiger partial charge in [0.1, 0.15) is 23.6 Å². The first kappa shape index (κ1) is 30.5. The van der Waals surface area contributed by atoms with Crippen molar-refractivity contribution in [1.82, 2.24) is 29.7 Å². The molecule has 4 aromatic rings. The van der Waals surface area contributed by atoms with Crippen LogP contribution in [0.25, 0.3) is 32.9 Å². The van der Waals surface area contributed by atoms with Crippen molar-refractivity contribution in [1.29, 1.82) is 0 Å². The molecule has 0 aliphatic carbocycles. The van der Waals surface area contributed by atoms with Gasteiger partial charge in [0.25, 0.3) is 0 Å². The van der Waals surface area contributed by atoms with E-state index in [-0.39, 0.29) is 34.7 Å². The second-order valence-corrected chi connectivity index (χ2v) is 14.1. The molecular formula is C36H39ClFN7O2. The van der Waals surface area contributed by atoms with E-state index in [1.165, 1.54) is 0 Å². The van der Waals surface area contributed by atoms with Gasteiger partial charge in [-0.25, -0.2) is 4.39 Å². The molecule has 1 amide bonds. The number of hydrogen-bond acceptors (Lipinski definition) is 8. The van der Waals surface area contributed by atoms with E-state index in [1.54, 1.807) is 18.3 Å². The Bertz CT molecular complexity index is 1890. The maximum absolute atomic E-state index is 16.8. The number of likely N-dealkylation sites (tertiary alicyclic amines) is 2. The predicted molar refractivity (Wildman–Crippen MR) is 182 cm³/mol. The molecule has 0 saturated carbocycles. The Balaban J connectivity index is 1.16. The summed E-state index contributed by atoms with van der Waals surface area (Å²) in [6.45, 7) is 5.50. The fourth-order valence-electron chi connectivity index (χ4n) is 8.13. The van der Waals surface area contributed by atoms with Crippen molar-refractivity contribution < 1.29 is 13.9 Å². The van der Waals surface area contributed by atoms with Gasteiger partial charge in [-0.15, -0.1) is 0 Å². The van der Waals surface area contributed by atoms with Crippen LogP contribution in [0.2, 0.25) is 5.02 Å². The molecule has 1 unspecified atom stereocenters. The van der Waals surface area contributed by atoms with Crippen molar-refractivity contribution >= 4 is 45.0 Å². The maximum atomic E-state index is 16.8. The lowest BCUT2D eigenvalue weighted by Gasteiger charge is -2.31. The maximum Gasteiger partial charge on any atom is 0.319 e.